The van der Waals surface area contributed by atoms with Gasteiger partial charge in [-0.3, -0.25) is 0 Å². The molecule has 112 valence electrons. The van der Waals surface area contributed by atoms with Gasteiger partial charge in [-0.15, -0.1) is 24.8 Å². The van der Waals surface area contributed by atoms with Crippen molar-refractivity contribution in [1.82, 2.24) is 0 Å². The molecule has 0 aliphatic heterocycles. The average Bonchev–Trinajstić information content (AvgIpc) is 2.98. The molecule has 1 aromatic carbocycles. The van der Waals surface area contributed by atoms with E-state index in [1.165, 1.54) is 12.0 Å². The number of benzene rings is 1. The van der Waals surface area contributed by atoms with Crippen molar-refractivity contribution in [3.63, 3.8) is 0 Å². The van der Waals surface area contributed by atoms with E-state index in [1.54, 1.807) is 11.1 Å². The van der Waals surface area contributed by atoms with E-state index in [1.807, 2.05) is 3.88 Å². The zero-order valence-corrected chi connectivity index (χ0v) is 16.9. The molecule has 1 atom stereocenters. The molecule has 0 saturated carbocycles. The Hall–Kier alpha value is -0.0488. The molecule has 21 heavy (non-hydrogen) atoms. The number of hydrogen-bond acceptors (Lipinski definition) is 0. The quantitative estimate of drug-likeness (QED) is 0.584. The van der Waals surface area contributed by atoms with E-state index >= 15 is 0 Å². The van der Waals surface area contributed by atoms with Crippen LogP contribution < -0.4 is 0 Å². The summed E-state index contributed by atoms with van der Waals surface area (Å²) in [6, 6.07) is 9.00. The molecule has 0 fully saturated rings. The van der Waals surface area contributed by atoms with Crippen LogP contribution in [0, 0.1) is 0 Å². The molecule has 0 saturated heterocycles. The number of fused-ring (bicyclic) bond motifs is 1. The van der Waals surface area contributed by atoms with Crippen molar-refractivity contribution in [2.45, 2.75) is 30.7 Å². The predicted molar refractivity (Wildman–Crippen MR) is 96.7 cm³/mol. The van der Waals surface area contributed by atoms with E-state index in [0.29, 0.717) is 0 Å². The van der Waals surface area contributed by atoms with Gasteiger partial charge < -0.3 is 0 Å². The second kappa shape index (κ2) is 7.99. The number of allylic oxidation sites excluding steroid dienone is 5. The summed E-state index contributed by atoms with van der Waals surface area (Å²) < 4.78 is 2.62. The minimum absolute atomic E-state index is 0. The van der Waals surface area contributed by atoms with Crippen LogP contribution in [0.3, 0.4) is 0 Å². The monoisotopic (exact) mass is 372 g/mol. The van der Waals surface area contributed by atoms with Crippen molar-refractivity contribution >= 4 is 37.1 Å². The number of hydrogen-bond donors (Lipinski definition) is 0. The van der Waals surface area contributed by atoms with E-state index in [2.05, 4.69) is 68.6 Å². The van der Waals surface area contributed by atoms with Gasteiger partial charge in [0.2, 0.25) is 0 Å². The molecule has 0 N–H and O–H groups in total. The van der Waals surface area contributed by atoms with Crippen LogP contribution in [-0.4, -0.2) is 6.19 Å². The summed E-state index contributed by atoms with van der Waals surface area (Å²) in [5, 5.41) is 0. The van der Waals surface area contributed by atoms with Crippen molar-refractivity contribution < 1.29 is 16.6 Å². The van der Waals surface area contributed by atoms with Crippen LogP contribution in [0.5, 0.6) is 0 Å². The first-order chi connectivity index (χ1) is 9.18. The fourth-order valence-electron chi connectivity index (χ4n) is 3.24. The average molecular weight is 373 g/mol. The molecule has 0 bridgehead atoms. The summed E-state index contributed by atoms with van der Waals surface area (Å²) in [4.78, 5) is 0. The van der Waals surface area contributed by atoms with Crippen molar-refractivity contribution in [3.05, 3.63) is 63.1 Å². The van der Waals surface area contributed by atoms with Crippen LogP contribution >= 0.6 is 24.8 Å². The van der Waals surface area contributed by atoms with Crippen LogP contribution in [0.15, 0.2) is 51.9 Å². The van der Waals surface area contributed by atoms with Crippen LogP contribution in [0.4, 0.5) is 0 Å². The first kappa shape index (κ1) is 19.0. The van der Waals surface area contributed by atoms with Gasteiger partial charge in [0.25, 0.3) is 0 Å². The van der Waals surface area contributed by atoms with Gasteiger partial charge in [0.1, 0.15) is 0 Å². The fraction of sp³-hybridized carbons (Fsp3) is 0.294. The maximum atomic E-state index is 2.54. The summed E-state index contributed by atoms with van der Waals surface area (Å²) in [7, 11) is 0. The second-order valence-corrected chi connectivity index (χ2v) is 17.8. The van der Waals surface area contributed by atoms with Crippen LogP contribution in [-0.2, 0) is 16.6 Å². The minimum Gasteiger partial charge on any atom is -0.147 e. The molecule has 0 amide bonds. The van der Waals surface area contributed by atoms with E-state index < -0.39 is 16.6 Å². The predicted octanol–water partition coefficient (Wildman–Crippen LogP) is 5.70. The molecule has 4 heteroatoms. The van der Waals surface area contributed by atoms with Crippen LogP contribution in [0.1, 0.15) is 28.7 Å². The third kappa shape index (κ3) is 3.65. The Morgan fingerprint density at radius 1 is 1.10 bits per heavy atom. The number of rotatable bonds is 2. The van der Waals surface area contributed by atoms with Crippen molar-refractivity contribution in [2.75, 3.05) is 0 Å². The maximum absolute atomic E-state index is 2.54. The van der Waals surface area contributed by atoms with Crippen molar-refractivity contribution in [1.29, 1.82) is 0 Å². The second-order valence-electron chi connectivity index (χ2n) is 5.65. The van der Waals surface area contributed by atoms with Gasteiger partial charge in [0.05, 0.1) is 0 Å². The normalized spacial score (nSPS) is 18.1. The molecule has 1 aromatic rings. The molecule has 0 aromatic heterocycles. The molecule has 0 heterocycles. The molecule has 0 spiro atoms. The van der Waals surface area contributed by atoms with E-state index in [4.69, 9.17) is 0 Å². The van der Waals surface area contributed by atoms with Crippen LogP contribution in [0.25, 0.3) is 6.08 Å². The zero-order chi connectivity index (χ0) is 13.4. The standard InChI is InChI=1S/C9H7.C6H7.C2H6Si.2ClH.Ti/c1-2-5-9-7-3-6-8(9)4-1;1-6-4-2-3-5-6;1-3-2;;;/h1-7H;2,4H,3H2,1H3;1-2H3;2*1H;. The van der Waals surface area contributed by atoms with Gasteiger partial charge in [0.15, 0.2) is 0 Å². The number of halogens is 2. The third-order valence-electron chi connectivity index (χ3n) is 4.14. The first-order valence-electron chi connectivity index (χ1n) is 6.99. The Morgan fingerprint density at radius 2 is 1.81 bits per heavy atom. The molecule has 0 nitrogen and oxygen atoms in total. The summed E-state index contributed by atoms with van der Waals surface area (Å²) in [5.41, 5.74) is 4.65. The van der Waals surface area contributed by atoms with Crippen molar-refractivity contribution in [3.8, 4) is 0 Å². The Balaban J connectivity index is 0.00000110. The fourth-order valence-corrected chi connectivity index (χ4v) is 15.7. The van der Waals surface area contributed by atoms with Gasteiger partial charge in [-0.25, -0.2) is 0 Å². The molecule has 3 rings (SSSR count). The Bertz CT molecular complexity index is 653. The van der Waals surface area contributed by atoms with E-state index in [0.717, 1.165) is 4.22 Å². The topological polar surface area (TPSA) is 0 Å². The molecule has 2 aliphatic carbocycles. The SMILES string of the molecule is CC1=[C]([Ti]([CH]2C=Cc3ccccc32)=[Si](C)C)CC=C1.Cl.Cl. The first-order valence-corrected chi connectivity index (χ1v) is 13.5. The summed E-state index contributed by atoms with van der Waals surface area (Å²) >= 11 is -1.20. The zero-order valence-electron chi connectivity index (χ0n) is 12.7. The van der Waals surface area contributed by atoms with Gasteiger partial charge in [0, 0.05) is 0 Å². The molecular formula is C17H22Cl2SiTi. The van der Waals surface area contributed by atoms with Crippen molar-refractivity contribution in [2.24, 2.45) is 0 Å². The third-order valence-corrected chi connectivity index (χ3v) is 16.5. The van der Waals surface area contributed by atoms with Gasteiger partial charge in [-0.1, -0.05) is 0 Å². The van der Waals surface area contributed by atoms with Gasteiger partial charge >= 0.3 is 123 Å². The largest absolute Gasteiger partial charge is 0.147 e. The van der Waals surface area contributed by atoms with Gasteiger partial charge in [-0.2, -0.15) is 0 Å². The summed E-state index contributed by atoms with van der Waals surface area (Å²) in [5.74, 6) is 0. The summed E-state index contributed by atoms with van der Waals surface area (Å²) in [6.07, 6.45) is 10.6. The molecule has 1 unspecified atom stereocenters. The Morgan fingerprint density at radius 3 is 2.43 bits per heavy atom. The smallest absolute Gasteiger partial charge is 0.147 e. The van der Waals surface area contributed by atoms with E-state index in [-0.39, 0.29) is 31.0 Å². The minimum atomic E-state index is -1.20. The molecular weight excluding hydrogens is 351 g/mol. The Labute approximate surface area is 146 Å². The summed E-state index contributed by atoms with van der Waals surface area (Å²) in [6.45, 7) is 7.39. The Kier molecular flexibility index (Phi) is 7.23. The maximum Gasteiger partial charge on any atom is -0.147 e. The molecule has 0 radical (unpaired) electrons. The molecule has 2 aliphatic rings. The van der Waals surface area contributed by atoms with Gasteiger partial charge in [-0.05, 0) is 0 Å². The van der Waals surface area contributed by atoms with E-state index in [9.17, 15) is 0 Å². The van der Waals surface area contributed by atoms with Crippen LogP contribution in [0.2, 0.25) is 13.1 Å².